The molecule has 0 radical (unpaired) electrons. The number of thioether (sulfide) groups is 1. The molecular weight excluding hydrogens is 244 g/mol. The lowest BCUT2D eigenvalue weighted by Crippen LogP contribution is -2.13. The number of halogens is 1. The second-order valence-corrected chi connectivity index (χ2v) is 4.77. The maximum absolute atomic E-state index is 7.49. The van der Waals surface area contributed by atoms with Crippen LogP contribution < -0.4 is 5.73 Å². The summed E-state index contributed by atoms with van der Waals surface area (Å²) in [4.78, 5) is 0.955. The van der Waals surface area contributed by atoms with Gasteiger partial charge in [0, 0.05) is 29.9 Å². The molecule has 0 spiro atoms. The lowest BCUT2D eigenvalue weighted by Gasteiger charge is -2.09. The molecule has 0 aliphatic heterocycles. The predicted octanol–water partition coefficient (Wildman–Crippen LogP) is 2.75. The average Bonchev–Trinajstić information content (AvgIpc) is 2.24. The second kappa shape index (κ2) is 6.78. The van der Waals surface area contributed by atoms with Crippen molar-refractivity contribution >= 4 is 29.2 Å². The molecule has 0 aliphatic carbocycles. The molecule has 0 saturated heterocycles. The Morgan fingerprint density at radius 1 is 1.56 bits per heavy atom. The quantitative estimate of drug-likeness (QED) is 0.357. The number of rotatable bonds is 6. The van der Waals surface area contributed by atoms with Crippen LogP contribution in [0.25, 0.3) is 0 Å². The van der Waals surface area contributed by atoms with Gasteiger partial charge in [0.15, 0.2) is 0 Å². The third-order valence-corrected chi connectivity index (χ3v) is 3.45. The number of nitrogens with one attached hydrogen (secondary N) is 1. The summed E-state index contributed by atoms with van der Waals surface area (Å²) in [7, 11) is 1.69. The Balaban J connectivity index is 2.71. The third-order valence-electron chi connectivity index (χ3n) is 2.00. The summed E-state index contributed by atoms with van der Waals surface area (Å²) in [6.07, 6.45) is 0.963. The summed E-state index contributed by atoms with van der Waals surface area (Å²) >= 11 is 7.65. The van der Waals surface area contributed by atoms with Crippen LogP contribution in [0.3, 0.4) is 0 Å². The zero-order valence-corrected chi connectivity index (χ0v) is 10.7. The largest absolute Gasteiger partial charge is 0.385 e. The van der Waals surface area contributed by atoms with Crippen molar-refractivity contribution in [3.05, 3.63) is 28.8 Å². The monoisotopic (exact) mass is 258 g/mol. The molecule has 16 heavy (non-hydrogen) atoms. The van der Waals surface area contributed by atoms with E-state index in [1.54, 1.807) is 24.9 Å². The molecule has 0 aliphatic rings. The van der Waals surface area contributed by atoms with E-state index in [4.69, 9.17) is 27.5 Å². The molecule has 3 nitrogen and oxygen atoms in total. The molecule has 3 N–H and O–H groups in total. The highest BCUT2D eigenvalue weighted by Gasteiger charge is 2.09. The maximum Gasteiger partial charge on any atom is 0.125 e. The molecular formula is C11H15ClN2OS. The van der Waals surface area contributed by atoms with Gasteiger partial charge >= 0.3 is 0 Å². The second-order valence-electron chi connectivity index (χ2n) is 3.22. The fourth-order valence-electron chi connectivity index (χ4n) is 1.27. The van der Waals surface area contributed by atoms with Crippen LogP contribution in [0.15, 0.2) is 23.1 Å². The molecule has 0 unspecified atom stereocenters. The van der Waals surface area contributed by atoms with Crippen LogP contribution in [0.1, 0.15) is 12.0 Å². The van der Waals surface area contributed by atoms with Crippen molar-refractivity contribution in [1.29, 1.82) is 5.41 Å². The van der Waals surface area contributed by atoms with E-state index < -0.39 is 0 Å². The van der Waals surface area contributed by atoms with E-state index >= 15 is 0 Å². The van der Waals surface area contributed by atoms with E-state index in [0.29, 0.717) is 10.6 Å². The zero-order valence-electron chi connectivity index (χ0n) is 9.13. The van der Waals surface area contributed by atoms with Crippen molar-refractivity contribution in [3.8, 4) is 0 Å². The fraction of sp³-hybridized carbons (Fsp3) is 0.364. The van der Waals surface area contributed by atoms with Crippen LogP contribution in [-0.2, 0) is 4.74 Å². The highest BCUT2D eigenvalue weighted by molar-refractivity contribution is 7.99. The van der Waals surface area contributed by atoms with Crippen LogP contribution in [0.4, 0.5) is 0 Å². The van der Waals surface area contributed by atoms with Crippen molar-refractivity contribution in [2.45, 2.75) is 11.3 Å². The van der Waals surface area contributed by atoms with Crippen molar-refractivity contribution in [3.63, 3.8) is 0 Å². The van der Waals surface area contributed by atoms with E-state index in [-0.39, 0.29) is 5.84 Å². The highest BCUT2D eigenvalue weighted by atomic mass is 35.5. The average molecular weight is 259 g/mol. The molecule has 88 valence electrons. The van der Waals surface area contributed by atoms with Gasteiger partial charge in [-0.1, -0.05) is 17.7 Å². The van der Waals surface area contributed by atoms with Crippen LogP contribution in [-0.4, -0.2) is 25.3 Å². The number of ether oxygens (including phenoxy) is 1. The van der Waals surface area contributed by atoms with E-state index in [9.17, 15) is 0 Å². The molecule has 1 aromatic carbocycles. The molecule has 0 saturated carbocycles. The van der Waals surface area contributed by atoms with Crippen molar-refractivity contribution in [1.82, 2.24) is 0 Å². The van der Waals surface area contributed by atoms with Crippen molar-refractivity contribution in [2.75, 3.05) is 19.5 Å². The first-order valence-electron chi connectivity index (χ1n) is 4.91. The van der Waals surface area contributed by atoms with Gasteiger partial charge in [-0.05, 0) is 18.6 Å². The van der Waals surface area contributed by atoms with Gasteiger partial charge in [-0.2, -0.15) is 0 Å². The van der Waals surface area contributed by atoms with E-state index in [2.05, 4.69) is 0 Å². The summed E-state index contributed by atoms with van der Waals surface area (Å²) < 4.78 is 4.97. The van der Waals surface area contributed by atoms with Gasteiger partial charge < -0.3 is 10.5 Å². The number of benzene rings is 1. The molecule has 5 heteroatoms. The van der Waals surface area contributed by atoms with E-state index in [1.165, 1.54) is 0 Å². The molecule has 0 amide bonds. The van der Waals surface area contributed by atoms with Gasteiger partial charge in [0.1, 0.15) is 5.84 Å². The van der Waals surface area contributed by atoms with Crippen LogP contribution in [0.2, 0.25) is 5.02 Å². The van der Waals surface area contributed by atoms with Gasteiger partial charge in [0.25, 0.3) is 0 Å². The molecule has 0 heterocycles. The minimum absolute atomic E-state index is 0.0137. The first-order valence-corrected chi connectivity index (χ1v) is 6.27. The number of hydrogen-bond donors (Lipinski definition) is 2. The fourth-order valence-corrected chi connectivity index (χ4v) is 2.62. The number of amidine groups is 1. The van der Waals surface area contributed by atoms with Gasteiger partial charge in [-0.25, -0.2) is 0 Å². The Bertz CT molecular complexity index is 371. The Labute approximate surface area is 105 Å². The summed E-state index contributed by atoms with van der Waals surface area (Å²) in [5, 5.41) is 8.02. The Kier molecular flexibility index (Phi) is 5.66. The SMILES string of the molecule is COCCCSc1cccc(Cl)c1C(=N)N. The van der Waals surface area contributed by atoms with Gasteiger partial charge in [0.2, 0.25) is 0 Å². The summed E-state index contributed by atoms with van der Waals surface area (Å²) in [5.74, 6) is 0.939. The van der Waals surface area contributed by atoms with Crippen molar-refractivity contribution in [2.24, 2.45) is 5.73 Å². The van der Waals surface area contributed by atoms with Gasteiger partial charge in [-0.15, -0.1) is 11.8 Å². The molecule has 1 aromatic rings. The summed E-state index contributed by atoms with van der Waals surface area (Å²) in [5.41, 5.74) is 6.14. The van der Waals surface area contributed by atoms with Crippen LogP contribution in [0, 0.1) is 5.41 Å². The van der Waals surface area contributed by atoms with Crippen LogP contribution >= 0.6 is 23.4 Å². The summed E-state index contributed by atoms with van der Waals surface area (Å²) in [6.45, 7) is 0.739. The zero-order chi connectivity index (χ0) is 12.0. The van der Waals surface area contributed by atoms with Gasteiger partial charge in [-0.3, -0.25) is 5.41 Å². The third kappa shape index (κ3) is 3.70. The predicted molar refractivity (Wildman–Crippen MR) is 69.7 cm³/mol. The van der Waals surface area contributed by atoms with E-state index in [1.807, 2.05) is 12.1 Å². The molecule has 0 aromatic heterocycles. The smallest absolute Gasteiger partial charge is 0.125 e. The first-order chi connectivity index (χ1) is 7.66. The number of hydrogen-bond acceptors (Lipinski definition) is 3. The minimum Gasteiger partial charge on any atom is -0.385 e. The molecule has 0 bridgehead atoms. The molecule has 0 fully saturated rings. The standard InChI is InChI=1S/C11H15ClN2OS/c1-15-6-3-7-16-9-5-2-4-8(12)10(9)11(13)14/h2,4-5H,3,6-7H2,1H3,(H3,13,14). The Morgan fingerprint density at radius 2 is 2.31 bits per heavy atom. The Hall–Kier alpha value is -0.710. The van der Waals surface area contributed by atoms with E-state index in [0.717, 1.165) is 23.7 Å². The maximum atomic E-state index is 7.49. The number of nitrogen functional groups attached to an aromatic ring is 1. The minimum atomic E-state index is 0.0137. The highest BCUT2D eigenvalue weighted by Crippen LogP contribution is 2.28. The lowest BCUT2D eigenvalue weighted by molar-refractivity contribution is 0.200. The van der Waals surface area contributed by atoms with Crippen molar-refractivity contribution < 1.29 is 4.74 Å². The summed E-state index contributed by atoms with van der Waals surface area (Å²) in [6, 6.07) is 5.55. The van der Waals surface area contributed by atoms with Crippen LogP contribution in [0.5, 0.6) is 0 Å². The number of nitrogens with two attached hydrogens (primary N) is 1. The van der Waals surface area contributed by atoms with Gasteiger partial charge in [0.05, 0.1) is 5.02 Å². The first kappa shape index (κ1) is 13.4. The Morgan fingerprint density at radius 3 is 2.94 bits per heavy atom. The normalized spacial score (nSPS) is 10.4. The molecule has 1 rings (SSSR count). The molecule has 0 atom stereocenters. The lowest BCUT2D eigenvalue weighted by atomic mass is 10.2. The number of methoxy groups -OCH3 is 1. The topological polar surface area (TPSA) is 59.1 Å².